The van der Waals surface area contributed by atoms with Gasteiger partial charge in [0.2, 0.25) is 18.1 Å². The molecule has 2 aliphatic heterocycles. The lowest BCUT2D eigenvalue weighted by molar-refractivity contribution is -0.234. The number of hydrogen-bond acceptors (Lipinski definition) is 7. The van der Waals surface area contributed by atoms with Gasteiger partial charge in [-0.3, -0.25) is 4.79 Å². The number of hydrogen-bond donors (Lipinski definition) is 2. The third-order valence-electron chi connectivity index (χ3n) is 7.15. The number of aromatic nitrogens is 4. The summed E-state index contributed by atoms with van der Waals surface area (Å²) in [5.74, 6) is 0.778. The van der Waals surface area contributed by atoms with Crippen molar-refractivity contribution in [2.45, 2.75) is 51.4 Å². The highest BCUT2D eigenvalue weighted by Gasteiger charge is 2.43. The molecule has 3 fully saturated rings. The number of carbonyl (C=O) groups is 1. The quantitative estimate of drug-likeness (QED) is 0.513. The van der Waals surface area contributed by atoms with Gasteiger partial charge in [-0.25, -0.2) is 19.3 Å². The number of halogens is 1. The van der Waals surface area contributed by atoms with Gasteiger partial charge in [0.1, 0.15) is 5.82 Å². The van der Waals surface area contributed by atoms with Gasteiger partial charge >= 0.3 is 0 Å². The van der Waals surface area contributed by atoms with Crippen LogP contribution in [0.5, 0.6) is 0 Å². The number of ether oxygens (including phenoxy) is 2. The van der Waals surface area contributed by atoms with Crippen LogP contribution in [0, 0.1) is 11.2 Å². The van der Waals surface area contributed by atoms with E-state index in [2.05, 4.69) is 20.3 Å². The number of H-pyrrole nitrogens is 1. The summed E-state index contributed by atoms with van der Waals surface area (Å²) in [4.78, 5) is 32.2. The van der Waals surface area contributed by atoms with Crippen LogP contribution in [0.15, 0.2) is 36.5 Å². The molecule has 0 atom stereocenters. The molecular weight excluding hydrogens is 475 g/mol. The SMILES string of the molecule is CC1(C(=O)N2CCCCC2)COC(c2nc(-c3ccc(F)cc3)c(-c3ccnc(NC4CC4)n3)[nH]2)OC1. The van der Waals surface area contributed by atoms with Crippen LogP contribution in [-0.4, -0.2) is 63.1 Å². The smallest absolute Gasteiger partial charge is 0.233 e. The first-order valence-corrected chi connectivity index (χ1v) is 13.0. The summed E-state index contributed by atoms with van der Waals surface area (Å²) in [5, 5.41) is 3.32. The molecule has 6 rings (SSSR count). The zero-order valence-corrected chi connectivity index (χ0v) is 20.9. The van der Waals surface area contributed by atoms with Gasteiger partial charge in [-0.2, -0.15) is 0 Å². The number of piperidine rings is 1. The van der Waals surface area contributed by atoms with E-state index in [4.69, 9.17) is 14.5 Å². The molecule has 1 saturated carbocycles. The van der Waals surface area contributed by atoms with E-state index < -0.39 is 11.7 Å². The number of likely N-dealkylation sites (tertiary alicyclic amines) is 1. The number of amides is 1. The predicted octanol–water partition coefficient (Wildman–Crippen LogP) is 4.31. The molecule has 3 aromatic rings. The second-order valence-electron chi connectivity index (χ2n) is 10.4. The molecule has 194 valence electrons. The fraction of sp³-hybridized carbons (Fsp3) is 0.481. The van der Waals surface area contributed by atoms with Gasteiger partial charge < -0.3 is 24.7 Å². The van der Waals surface area contributed by atoms with E-state index in [0.717, 1.165) is 50.8 Å². The number of nitrogens with zero attached hydrogens (tertiary/aromatic N) is 4. The number of imidazole rings is 1. The van der Waals surface area contributed by atoms with Gasteiger partial charge in [-0.15, -0.1) is 0 Å². The van der Waals surface area contributed by atoms with Gasteiger partial charge in [0.25, 0.3) is 0 Å². The lowest BCUT2D eigenvalue weighted by atomic mass is 9.89. The van der Waals surface area contributed by atoms with Crippen LogP contribution in [0.1, 0.15) is 51.1 Å². The standard InChI is InChI=1S/C27H31FN6O3/c1-27(25(35)34-13-3-2-4-14-34)15-36-24(37-16-27)23-32-21(17-5-7-18(28)8-6-17)22(33-23)20-11-12-29-26(31-20)30-19-9-10-19/h5-8,11-12,19,24H,2-4,9-10,13-16H2,1H3,(H,32,33)(H,29,30,31). The van der Waals surface area contributed by atoms with Crippen molar-refractivity contribution in [1.29, 1.82) is 0 Å². The number of carbonyl (C=O) groups excluding carboxylic acids is 1. The van der Waals surface area contributed by atoms with Crippen molar-refractivity contribution in [2.24, 2.45) is 5.41 Å². The number of benzene rings is 1. The van der Waals surface area contributed by atoms with Crippen LogP contribution >= 0.6 is 0 Å². The van der Waals surface area contributed by atoms with Gasteiger partial charge in [0, 0.05) is 30.9 Å². The lowest BCUT2D eigenvalue weighted by Gasteiger charge is -2.40. The van der Waals surface area contributed by atoms with Crippen LogP contribution in [0.25, 0.3) is 22.6 Å². The van der Waals surface area contributed by atoms with Crippen LogP contribution in [0.3, 0.4) is 0 Å². The molecule has 1 amide bonds. The lowest BCUT2D eigenvalue weighted by Crippen LogP contribution is -2.51. The Morgan fingerprint density at radius 1 is 1.08 bits per heavy atom. The highest BCUT2D eigenvalue weighted by Crippen LogP contribution is 2.36. The van der Waals surface area contributed by atoms with E-state index in [9.17, 15) is 9.18 Å². The van der Waals surface area contributed by atoms with E-state index in [1.54, 1.807) is 24.4 Å². The molecular formula is C27H31FN6O3. The monoisotopic (exact) mass is 506 g/mol. The highest BCUT2D eigenvalue weighted by atomic mass is 19.1. The molecule has 0 bridgehead atoms. The van der Waals surface area contributed by atoms with Gasteiger partial charge in [-0.1, -0.05) is 0 Å². The molecule has 1 aromatic carbocycles. The maximum atomic E-state index is 13.6. The minimum atomic E-state index is -0.763. The summed E-state index contributed by atoms with van der Waals surface area (Å²) < 4.78 is 25.8. The zero-order valence-electron chi connectivity index (χ0n) is 20.9. The average molecular weight is 507 g/mol. The number of nitrogens with one attached hydrogen (secondary N) is 2. The van der Waals surface area contributed by atoms with Crippen LogP contribution in [-0.2, 0) is 14.3 Å². The van der Waals surface area contributed by atoms with Gasteiger partial charge in [-0.05, 0) is 69.4 Å². The van der Waals surface area contributed by atoms with Crippen LogP contribution < -0.4 is 5.32 Å². The van der Waals surface area contributed by atoms with E-state index in [0.29, 0.717) is 34.9 Å². The molecule has 10 heteroatoms. The third kappa shape index (κ3) is 5.08. The Morgan fingerprint density at radius 3 is 2.51 bits per heavy atom. The van der Waals surface area contributed by atoms with E-state index in [1.165, 1.54) is 12.1 Å². The maximum absolute atomic E-state index is 13.6. The molecule has 0 unspecified atom stereocenters. The molecule has 9 nitrogen and oxygen atoms in total. The molecule has 2 saturated heterocycles. The van der Waals surface area contributed by atoms with Crippen molar-refractivity contribution < 1.29 is 18.7 Å². The fourth-order valence-electron chi connectivity index (χ4n) is 4.85. The molecule has 4 heterocycles. The Labute approximate surface area is 214 Å². The third-order valence-corrected chi connectivity index (χ3v) is 7.15. The minimum Gasteiger partial charge on any atom is -0.351 e. The molecule has 2 N–H and O–H groups in total. The molecule has 0 spiro atoms. The van der Waals surface area contributed by atoms with Crippen LogP contribution in [0.4, 0.5) is 10.3 Å². The minimum absolute atomic E-state index is 0.0782. The Bertz CT molecular complexity index is 1260. The highest BCUT2D eigenvalue weighted by molar-refractivity contribution is 5.83. The number of anilines is 1. The zero-order chi connectivity index (χ0) is 25.4. The predicted molar refractivity (Wildman–Crippen MR) is 135 cm³/mol. The Morgan fingerprint density at radius 2 is 1.81 bits per heavy atom. The topological polar surface area (TPSA) is 105 Å². The Kier molecular flexibility index (Phi) is 6.37. The summed E-state index contributed by atoms with van der Waals surface area (Å²) in [6.45, 7) is 3.94. The summed E-state index contributed by atoms with van der Waals surface area (Å²) in [6, 6.07) is 8.38. The first kappa shape index (κ1) is 24.0. The molecule has 3 aliphatic rings. The molecule has 1 aliphatic carbocycles. The largest absolute Gasteiger partial charge is 0.351 e. The molecule has 37 heavy (non-hydrogen) atoms. The summed E-state index contributed by atoms with van der Waals surface area (Å²) in [6.07, 6.45) is 6.39. The van der Waals surface area contributed by atoms with Crippen molar-refractivity contribution in [2.75, 3.05) is 31.6 Å². The Balaban J connectivity index is 1.26. The Hall–Kier alpha value is -3.37. The first-order valence-electron chi connectivity index (χ1n) is 13.0. The molecule has 2 aromatic heterocycles. The van der Waals surface area contributed by atoms with Gasteiger partial charge in [0.05, 0.1) is 35.7 Å². The second-order valence-corrected chi connectivity index (χ2v) is 10.4. The second kappa shape index (κ2) is 9.83. The fourth-order valence-corrected chi connectivity index (χ4v) is 4.85. The van der Waals surface area contributed by atoms with Crippen molar-refractivity contribution in [1.82, 2.24) is 24.8 Å². The summed E-state index contributed by atoms with van der Waals surface area (Å²) >= 11 is 0. The van der Waals surface area contributed by atoms with Gasteiger partial charge in [0.15, 0.2) is 5.82 Å². The number of aromatic amines is 1. The normalized spacial score (nSPS) is 24.2. The van der Waals surface area contributed by atoms with Crippen molar-refractivity contribution in [3.63, 3.8) is 0 Å². The van der Waals surface area contributed by atoms with E-state index in [1.807, 2.05) is 11.8 Å². The maximum Gasteiger partial charge on any atom is 0.233 e. The van der Waals surface area contributed by atoms with Crippen molar-refractivity contribution in [3.8, 4) is 22.6 Å². The van der Waals surface area contributed by atoms with Crippen LogP contribution in [0.2, 0.25) is 0 Å². The summed E-state index contributed by atoms with van der Waals surface area (Å²) in [7, 11) is 0. The molecule has 0 radical (unpaired) electrons. The van der Waals surface area contributed by atoms with E-state index >= 15 is 0 Å². The van der Waals surface area contributed by atoms with Crippen molar-refractivity contribution >= 4 is 11.9 Å². The number of rotatable bonds is 6. The first-order chi connectivity index (χ1) is 18.0. The average Bonchev–Trinajstić information content (AvgIpc) is 3.64. The van der Waals surface area contributed by atoms with E-state index in [-0.39, 0.29) is 24.9 Å². The van der Waals surface area contributed by atoms with Crippen molar-refractivity contribution in [3.05, 3.63) is 48.2 Å². The summed E-state index contributed by atoms with van der Waals surface area (Å²) in [5.41, 5.74) is 1.91.